The summed E-state index contributed by atoms with van der Waals surface area (Å²) in [6, 6.07) is 8.60. The third-order valence-corrected chi connectivity index (χ3v) is 3.56. The number of rotatable bonds is 7. The van der Waals surface area contributed by atoms with Crippen molar-refractivity contribution in [1.29, 1.82) is 0 Å². The number of hydrogen-bond donors (Lipinski definition) is 1. The fourth-order valence-corrected chi connectivity index (χ4v) is 2.36. The van der Waals surface area contributed by atoms with E-state index in [1.54, 1.807) is 11.3 Å². The van der Waals surface area contributed by atoms with E-state index >= 15 is 0 Å². The number of aromatic nitrogens is 1. The molecule has 0 spiro atoms. The number of benzene rings is 1. The molecule has 0 bridgehead atoms. The van der Waals surface area contributed by atoms with Crippen LogP contribution in [0.25, 0.3) is 0 Å². The SMILES string of the molecule is CCCNC(C)c1cccc(OCc2cscn2)c1. The molecule has 0 aliphatic heterocycles. The maximum atomic E-state index is 5.76. The first-order chi connectivity index (χ1) is 9.29. The fourth-order valence-electron chi connectivity index (χ4n) is 1.82. The van der Waals surface area contributed by atoms with Gasteiger partial charge in [0.05, 0.1) is 11.2 Å². The Hall–Kier alpha value is -1.39. The maximum Gasteiger partial charge on any atom is 0.131 e. The second-order valence-electron chi connectivity index (χ2n) is 4.52. The first-order valence-corrected chi connectivity index (χ1v) is 7.57. The summed E-state index contributed by atoms with van der Waals surface area (Å²) < 4.78 is 5.76. The number of thiazole rings is 1. The van der Waals surface area contributed by atoms with Gasteiger partial charge in [0.25, 0.3) is 0 Å². The molecule has 0 saturated carbocycles. The molecular weight excluding hydrogens is 256 g/mol. The summed E-state index contributed by atoms with van der Waals surface area (Å²) in [6.45, 7) is 5.91. The van der Waals surface area contributed by atoms with Crippen LogP contribution >= 0.6 is 11.3 Å². The molecule has 102 valence electrons. The van der Waals surface area contributed by atoms with E-state index in [9.17, 15) is 0 Å². The molecular formula is C15H20N2OS. The summed E-state index contributed by atoms with van der Waals surface area (Å²) in [7, 11) is 0. The van der Waals surface area contributed by atoms with Crippen molar-refractivity contribution in [2.45, 2.75) is 32.9 Å². The summed E-state index contributed by atoms with van der Waals surface area (Å²) in [6.07, 6.45) is 1.14. The Labute approximate surface area is 118 Å². The van der Waals surface area contributed by atoms with Crippen molar-refractivity contribution in [3.63, 3.8) is 0 Å². The van der Waals surface area contributed by atoms with E-state index in [0.717, 1.165) is 24.4 Å². The lowest BCUT2D eigenvalue weighted by molar-refractivity contribution is 0.301. The lowest BCUT2D eigenvalue weighted by Gasteiger charge is -2.14. The first-order valence-electron chi connectivity index (χ1n) is 6.62. The average molecular weight is 276 g/mol. The van der Waals surface area contributed by atoms with Crippen LogP contribution in [0.3, 0.4) is 0 Å². The largest absolute Gasteiger partial charge is 0.487 e. The third kappa shape index (κ3) is 4.33. The van der Waals surface area contributed by atoms with Crippen LogP contribution in [-0.2, 0) is 6.61 Å². The standard InChI is InChI=1S/C15H20N2OS/c1-3-7-16-12(2)13-5-4-6-15(8-13)18-9-14-10-19-11-17-14/h4-6,8,10-12,16H,3,7,9H2,1-2H3. The topological polar surface area (TPSA) is 34.1 Å². The molecule has 4 heteroatoms. The number of nitrogens with zero attached hydrogens (tertiary/aromatic N) is 1. The second-order valence-corrected chi connectivity index (χ2v) is 5.24. The van der Waals surface area contributed by atoms with Crippen LogP contribution in [0.4, 0.5) is 0 Å². The van der Waals surface area contributed by atoms with E-state index in [1.807, 2.05) is 23.0 Å². The molecule has 1 unspecified atom stereocenters. The molecule has 1 N–H and O–H groups in total. The Bertz CT molecular complexity index is 485. The van der Waals surface area contributed by atoms with Gasteiger partial charge in [-0.15, -0.1) is 11.3 Å². The summed E-state index contributed by atoms with van der Waals surface area (Å²) in [5.74, 6) is 0.899. The van der Waals surface area contributed by atoms with E-state index in [-0.39, 0.29) is 0 Å². The zero-order valence-electron chi connectivity index (χ0n) is 11.4. The van der Waals surface area contributed by atoms with Gasteiger partial charge in [0.15, 0.2) is 0 Å². The highest BCUT2D eigenvalue weighted by Crippen LogP contribution is 2.20. The summed E-state index contributed by atoms with van der Waals surface area (Å²) in [5.41, 5.74) is 4.06. The smallest absolute Gasteiger partial charge is 0.131 e. The van der Waals surface area contributed by atoms with Crippen molar-refractivity contribution < 1.29 is 4.74 Å². The van der Waals surface area contributed by atoms with E-state index in [2.05, 4.69) is 36.3 Å². The van der Waals surface area contributed by atoms with Gasteiger partial charge in [0.2, 0.25) is 0 Å². The van der Waals surface area contributed by atoms with E-state index in [1.165, 1.54) is 5.56 Å². The minimum Gasteiger partial charge on any atom is -0.487 e. The summed E-state index contributed by atoms with van der Waals surface area (Å²) in [4.78, 5) is 4.21. The number of ether oxygens (including phenoxy) is 1. The Morgan fingerprint density at radius 1 is 1.42 bits per heavy atom. The molecule has 3 nitrogen and oxygen atoms in total. The highest BCUT2D eigenvalue weighted by molar-refractivity contribution is 7.07. The molecule has 0 aliphatic rings. The quantitative estimate of drug-likeness (QED) is 0.835. The highest BCUT2D eigenvalue weighted by atomic mass is 32.1. The van der Waals surface area contributed by atoms with Gasteiger partial charge in [-0.25, -0.2) is 4.98 Å². The molecule has 1 heterocycles. The predicted molar refractivity (Wildman–Crippen MR) is 79.6 cm³/mol. The van der Waals surface area contributed by atoms with Crippen LogP contribution in [0.2, 0.25) is 0 Å². The Morgan fingerprint density at radius 3 is 3.05 bits per heavy atom. The van der Waals surface area contributed by atoms with Gasteiger partial charge in [0.1, 0.15) is 12.4 Å². The normalized spacial score (nSPS) is 12.3. The molecule has 0 amide bonds. The lowest BCUT2D eigenvalue weighted by Crippen LogP contribution is -2.19. The van der Waals surface area contributed by atoms with Gasteiger partial charge < -0.3 is 10.1 Å². The highest BCUT2D eigenvalue weighted by Gasteiger charge is 2.05. The summed E-state index contributed by atoms with van der Waals surface area (Å²) in [5, 5.41) is 5.49. The zero-order chi connectivity index (χ0) is 13.5. The lowest BCUT2D eigenvalue weighted by atomic mass is 10.1. The zero-order valence-corrected chi connectivity index (χ0v) is 12.2. The molecule has 2 rings (SSSR count). The van der Waals surface area contributed by atoms with Crippen LogP contribution in [0.1, 0.15) is 37.6 Å². The Balaban J connectivity index is 1.94. The maximum absolute atomic E-state index is 5.76. The van der Waals surface area contributed by atoms with Crippen molar-refractivity contribution in [3.8, 4) is 5.75 Å². The fraction of sp³-hybridized carbons (Fsp3) is 0.400. The minimum atomic E-state index is 0.350. The molecule has 1 aromatic carbocycles. The van der Waals surface area contributed by atoms with Crippen molar-refractivity contribution >= 4 is 11.3 Å². The van der Waals surface area contributed by atoms with Gasteiger partial charge in [-0.2, -0.15) is 0 Å². The molecule has 0 fully saturated rings. The van der Waals surface area contributed by atoms with E-state index < -0.39 is 0 Å². The van der Waals surface area contributed by atoms with Gasteiger partial charge in [0, 0.05) is 11.4 Å². The Kier molecular flexibility index (Phi) is 5.36. The molecule has 19 heavy (non-hydrogen) atoms. The number of nitrogens with one attached hydrogen (secondary N) is 1. The average Bonchev–Trinajstić information content (AvgIpc) is 2.96. The third-order valence-electron chi connectivity index (χ3n) is 2.93. The predicted octanol–water partition coefficient (Wildman–Crippen LogP) is 3.78. The van der Waals surface area contributed by atoms with Crippen molar-refractivity contribution in [2.75, 3.05) is 6.54 Å². The van der Waals surface area contributed by atoms with E-state index in [0.29, 0.717) is 12.6 Å². The molecule has 1 atom stereocenters. The molecule has 0 radical (unpaired) electrons. The van der Waals surface area contributed by atoms with Crippen molar-refractivity contribution in [1.82, 2.24) is 10.3 Å². The van der Waals surface area contributed by atoms with Gasteiger partial charge in [-0.05, 0) is 37.6 Å². The second kappa shape index (κ2) is 7.26. The van der Waals surface area contributed by atoms with Crippen LogP contribution in [0, 0.1) is 0 Å². The molecule has 2 aromatic rings. The molecule has 1 aromatic heterocycles. The van der Waals surface area contributed by atoms with Crippen LogP contribution in [-0.4, -0.2) is 11.5 Å². The first kappa shape index (κ1) is 14.0. The van der Waals surface area contributed by atoms with Crippen LogP contribution in [0.5, 0.6) is 5.75 Å². The minimum absolute atomic E-state index is 0.350. The van der Waals surface area contributed by atoms with Crippen LogP contribution < -0.4 is 10.1 Å². The Morgan fingerprint density at radius 2 is 2.32 bits per heavy atom. The van der Waals surface area contributed by atoms with Gasteiger partial charge in [-0.1, -0.05) is 19.1 Å². The van der Waals surface area contributed by atoms with Gasteiger partial charge in [-0.3, -0.25) is 0 Å². The van der Waals surface area contributed by atoms with Crippen LogP contribution in [0.15, 0.2) is 35.2 Å². The summed E-state index contributed by atoms with van der Waals surface area (Å²) >= 11 is 1.59. The monoisotopic (exact) mass is 276 g/mol. The van der Waals surface area contributed by atoms with Gasteiger partial charge >= 0.3 is 0 Å². The molecule has 0 saturated heterocycles. The molecule has 0 aliphatic carbocycles. The van der Waals surface area contributed by atoms with Crippen molar-refractivity contribution in [3.05, 3.63) is 46.4 Å². The number of hydrogen-bond acceptors (Lipinski definition) is 4. The van der Waals surface area contributed by atoms with Crippen molar-refractivity contribution in [2.24, 2.45) is 0 Å². The van der Waals surface area contributed by atoms with E-state index in [4.69, 9.17) is 4.74 Å².